The highest BCUT2D eigenvalue weighted by molar-refractivity contribution is 5.98. The van der Waals surface area contributed by atoms with Crippen LogP contribution >= 0.6 is 12.4 Å². The number of alkyl halides is 2. The molecule has 11 heteroatoms. The summed E-state index contributed by atoms with van der Waals surface area (Å²) in [6, 6.07) is 15.1. The van der Waals surface area contributed by atoms with Gasteiger partial charge in [-0.25, -0.2) is 23.7 Å². The molecule has 1 saturated heterocycles. The number of aryl methyl sites for hydroxylation is 1. The van der Waals surface area contributed by atoms with Crippen molar-refractivity contribution >= 4 is 34.8 Å². The van der Waals surface area contributed by atoms with Gasteiger partial charge >= 0.3 is 0 Å². The number of pyridine rings is 1. The number of fused-ring (bicyclic) bond motifs is 1. The Labute approximate surface area is 231 Å². The first-order valence-corrected chi connectivity index (χ1v) is 12.7. The summed E-state index contributed by atoms with van der Waals surface area (Å²) in [7, 11) is 0. The molecule has 5 rings (SSSR count). The van der Waals surface area contributed by atoms with Crippen molar-refractivity contribution in [2.45, 2.75) is 38.3 Å². The van der Waals surface area contributed by atoms with Crippen LogP contribution in [0.1, 0.15) is 18.4 Å². The van der Waals surface area contributed by atoms with Gasteiger partial charge in [0.2, 0.25) is 11.8 Å². The number of ether oxygens (including phenoxy) is 1. The fourth-order valence-electron chi connectivity index (χ4n) is 4.53. The van der Waals surface area contributed by atoms with Crippen molar-refractivity contribution < 1.29 is 18.6 Å². The lowest BCUT2D eigenvalue weighted by Gasteiger charge is -2.23. The molecule has 0 amide bonds. The number of rotatable bonds is 9. The minimum Gasteiger partial charge on any atom is -0.437 e. The van der Waals surface area contributed by atoms with Gasteiger partial charge in [-0.15, -0.1) is 12.4 Å². The summed E-state index contributed by atoms with van der Waals surface area (Å²) in [6.07, 6.45) is 0.952. The predicted molar refractivity (Wildman–Crippen MR) is 151 cm³/mol. The molecular weight excluding hydrogens is 526 g/mol. The van der Waals surface area contributed by atoms with Gasteiger partial charge in [0.05, 0.1) is 11.3 Å². The van der Waals surface area contributed by atoms with Crippen LogP contribution in [0.4, 0.5) is 20.4 Å². The van der Waals surface area contributed by atoms with E-state index in [0.717, 1.165) is 42.3 Å². The van der Waals surface area contributed by atoms with Crippen LogP contribution in [0.2, 0.25) is 0 Å². The van der Waals surface area contributed by atoms with Crippen LogP contribution in [0, 0.1) is 6.92 Å². The average Bonchev–Trinajstić information content (AvgIpc) is 2.94. The Kier molecular flexibility index (Phi) is 9.45. The minimum absolute atomic E-state index is 0. The molecule has 0 saturated carbocycles. The van der Waals surface area contributed by atoms with Crippen LogP contribution in [0.15, 0.2) is 60.9 Å². The molecule has 0 bridgehead atoms. The third-order valence-corrected chi connectivity index (χ3v) is 6.53. The fraction of sp³-hybridized carbons (Fsp3) is 0.321. The van der Waals surface area contributed by atoms with E-state index >= 15 is 0 Å². The number of halogens is 3. The number of aliphatic hydroxyl groups excluding tert-OH is 1. The second-order valence-corrected chi connectivity index (χ2v) is 9.31. The normalized spacial score (nSPS) is 16.0. The SMILES string of the molecule is Cc1ccc2c(NCC(O)C(F)F)cccc2c1Oc1ncccc1-c1ccnc(NC2CCCNC2)n1.Cl. The highest BCUT2D eigenvalue weighted by Gasteiger charge is 2.19. The molecule has 8 nitrogen and oxygen atoms in total. The number of hydrogen-bond donors (Lipinski definition) is 4. The van der Waals surface area contributed by atoms with Crippen molar-refractivity contribution in [3.8, 4) is 22.9 Å². The number of piperidine rings is 1. The highest BCUT2D eigenvalue weighted by Crippen LogP contribution is 2.38. The van der Waals surface area contributed by atoms with Gasteiger partial charge in [-0.2, -0.15) is 0 Å². The zero-order chi connectivity index (χ0) is 26.5. The summed E-state index contributed by atoms with van der Waals surface area (Å²) in [5.41, 5.74) is 2.90. The highest BCUT2D eigenvalue weighted by atomic mass is 35.5. The summed E-state index contributed by atoms with van der Waals surface area (Å²) >= 11 is 0. The van der Waals surface area contributed by atoms with E-state index in [9.17, 15) is 13.9 Å². The number of benzene rings is 2. The number of aliphatic hydroxyl groups is 1. The summed E-state index contributed by atoms with van der Waals surface area (Å²) < 4.78 is 32.0. The van der Waals surface area contributed by atoms with E-state index in [2.05, 4.69) is 25.9 Å². The van der Waals surface area contributed by atoms with Crippen LogP contribution in [0.3, 0.4) is 0 Å². The Hall–Kier alpha value is -3.60. The number of anilines is 2. The predicted octanol–water partition coefficient (Wildman–Crippen LogP) is 5.42. The standard InChI is InChI=1S/C28H30F2N6O2.ClH/c1-17-9-10-19-20(6-2-8-22(19)34-16-24(37)26(29)30)25(17)38-27-21(7-4-13-32-27)23-11-14-33-28(36-23)35-18-5-3-12-31-15-18;/h2,4,6-11,13-14,18,24,26,31,34,37H,3,5,12,15-16H2,1H3,(H,33,35,36);1H. The Balaban J connectivity index is 0.00000353. The van der Waals surface area contributed by atoms with E-state index in [1.807, 2.05) is 49.4 Å². The maximum Gasteiger partial charge on any atom is 0.265 e. The Morgan fingerprint density at radius 3 is 2.74 bits per heavy atom. The van der Waals surface area contributed by atoms with E-state index in [4.69, 9.17) is 9.72 Å². The zero-order valence-corrected chi connectivity index (χ0v) is 22.2. The Morgan fingerprint density at radius 1 is 1.08 bits per heavy atom. The zero-order valence-electron chi connectivity index (χ0n) is 21.4. The van der Waals surface area contributed by atoms with Gasteiger partial charge < -0.3 is 25.8 Å². The van der Waals surface area contributed by atoms with Crippen molar-refractivity contribution in [3.05, 3.63) is 66.5 Å². The fourth-order valence-corrected chi connectivity index (χ4v) is 4.53. The van der Waals surface area contributed by atoms with Gasteiger partial charge in [-0.1, -0.05) is 24.3 Å². The second kappa shape index (κ2) is 13.0. The van der Waals surface area contributed by atoms with Gasteiger partial charge in [-0.05, 0) is 56.1 Å². The second-order valence-electron chi connectivity index (χ2n) is 9.31. The first-order chi connectivity index (χ1) is 18.5. The van der Waals surface area contributed by atoms with Crippen LogP contribution in [-0.4, -0.2) is 58.3 Å². The van der Waals surface area contributed by atoms with Crippen LogP contribution in [0.5, 0.6) is 11.6 Å². The number of nitrogens with zero attached hydrogens (tertiary/aromatic N) is 3. The third kappa shape index (κ3) is 6.70. The van der Waals surface area contributed by atoms with E-state index in [0.29, 0.717) is 34.5 Å². The van der Waals surface area contributed by atoms with E-state index in [-0.39, 0.29) is 25.0 Å². The van der Waals surface area contributed by atoms with Crippen molar-refractivity contribution in [1.82, 2.24) is 20.3 Å². The molecule has 2 aromatic carbocycles. The van der Waals surface area contributed by atoms with Gasteiger partial charge in [-0.3, -0.25) is 0 Å². The summed E-state index contributed by atoms with van der Waals surface area (Å²) in [4.78, 5) is 13.6. The molecule has 206 valence electrons. The van der Waals surface area contributed by atoms with Crippen LogP contribution < -0.4 is 20.7 Å². The molecule has 1 aliphatic rings. The molecular formula is C28H31ClF2N6O2. The van der Waals surface area contributed by atoms with E-state index in [1.165, 1.54) is 0 Å². The molecule has 2 aromatic heterocycles. The van der Waals surface area contributed by atoms with Crippen LogP contribution in [0.25, 0.3) is 22.0 Å². The van der Waals surface area contributed by atoms with Crippen molar-refractivity contribution in [2.75, 3.05) is 30.3 Å². The monoisotopic (exact) mass is 556 g/mol. The molecule has 39 heavy (non-hydrogen) atoms. The summed E-state index contributed by atoms with van der Waals surface area (Å²) in [6.45, 7) is 3.56. The van der Waals surface area contributed by atoms with Gasteiger partial charge in [0.1, 0.15) is 11.9 Å². The summed E-state index contributed by atoms with van der Waals surface area (Å²) in [5.74, 6) is 1.54. The molecule has 0 spiro atoms. The summed E-state index contributed by atoms with van der Waals surface area (Å²) in [5, 5.41) is 20.8. The van der Waals surface area contributed by atoms with E-state index < -0.39 is 12.5 Å². The van der Waals surface area contributed by atoms with Crippen LogP contribution in [-0.2, 0) is 0 Å². The molecule has 0 aliphatic carbocycles. The van der Waals surface area contributed by atoms with E-state index in [1.54, 1.807) is 18.5 Å². The molecule has 4 aromatic rings. The Morgan fingerprint density at radius 2 is 1.95 bits per heavy atom. The molecule has 2 atom stereocenters. The minimum atomic E-state index is -2.82. The molecule has 3 heterocycles. The lowest BCUT2D eigenvalue weighted by molar-refractivity contribution is 0.00386. The topological polar surface area (TPSA) is 104 Å². The molecule has 0 radical (unpaired) electrons. The molecule has 2 unspecified atom stereocenters. The third-order valence-electron chi connectivity index (χ3n) is 6.53. The van der Waals surface area contributed by atoms with Gasteiger partial charge in [0.25, 0.3) is 6.43 Å². The lowest BCUT2D eigenvalue weighted by atomic mass is 10.0. The molecule has 4 N–H and O–H groups in total. The first-order valence-electron chi connectivity index (χ1n) is 12.7. The molecule has 1 aliphatic heterocycles. The average molecular weight is 557 g/mol. The number of nitrogens with one attached hydrogen (secondary N) is 3. The maximum atomic E-state index is 12.8. The number of aromatic nitrogens is 3. The molecule has 1 fully saturated rings. The quantitative estimate of drug-likeness (QED) is 0.217. The smallest absolute Gasteiger partial charge is 0.265 e. The van der Waals surface area contributed by atoms with Crippen molar-refractivity contribution in [3.63, 3.8) is 0 Å². The van der Waals surface area contributed by atoms with Crippen molar-refractivity contribution in [2.24, 2.45) is 0 Å². The largest absolute Gasteiger partial charge is 0.437 e. The lowest BCUT2D eigenvalue weighted by Crippen LogP contribution is -2.38. The Bertz CT molecular complexity index is 1400. The van der Waals surface area contributed by atoms with Gasteiger partial charge in [0, 0.05) is 48.0 Å². The van der Waals surface area contributed by atoms with Crippen molar-refractivity contribution in [1.29, 1.82) is 0 Å². The first kappa shape index (κ1) is 28.4. The maximum absolute atomic E-state index is 12.8. The number of hydrogen-bond acceptors (Lipinski definition) is 8. The van der Waals surface area contributed by atoms with Gasteiger partial charge in [0.15, 0.2) is 0 Å².